The summed E-state index contributed by atoms with van der Waals surface area (Å²) in [5.41, 5.74) is 7.61. The van der Waals surface area contributed by atoms with Gasteiger partial charge in [-0.05, 0) is 92.2 Å². The van der Waals surface area contributed by atoms with Gasteiger partial charge in [0.05, 0.1) is 31.0 Å². The van der Waals surface area contributed by atoms with E-state index >= 15 is 0 Å². The molecule has 16 heteroatoms. The fraction of sp³-hybridized carbons (Fsp3) is 0.261. The van der Waals surface area contributed by atoms with Crippen LogP contribution < -0.4 is 26.0 Å². The zero-order chi connectivity index (χ0) is 44.2. The molecule has 0 atom stereocenters. The molecule has 1 aliphatic heterocycles. The van der Waals surface area contributed by atoms with Gasteiger partial charge in [0.15, 0.2) is 0 Å². The number of hydrogen-bond donors (Lipinski definition) is 6. The van der Waals surface area contributed by atoms with Crippen molar-refractivity contribution in [3.63, 3.8) is 0 Å². The van der Waals surface area contributed by atoms with Gasteiger partial charge in [-0.1, -0.05) is 38.1 Å². The number of carbonyl (C=O) groups excluding carboxylic acids is 5. The van der Waals surface area contributed by atoms with Gasteiger partial charge in [-0.2, -0.15) is 5.10 Å². The highest BCUT2D eigenvalue weighted by Gasteiger charge is 2.26. The number of rotatable bonds is 18. The lowest BCUT2D eigenvalue weighted by atomic mass is 10.0. The summed E-state index contributed by atoms with van der Waals surface area (Å²) in [5, 5.41) is 18.2. The molecule has 0 saturated heterocycles. The smallest absolute Gasteiger partial charge is 0.331 e. The maximum atomic E-state index is 13.5. The van der Waals surface area contributed by atoms with Crippen molar-refractivity contribution >= 4 is 58.4 Å². The number of urea groups is 1. The number of nitrogens with zero attached hydrogens (tertiary/aromatic N) is 3. The molecular weight excluding hydrogens is 791 g/mol. The van der Waals surface area contributed by atoms with Crippen molar-refractivity contribution in [2.24, 2.45) is 0 Å². The fourth-order valence-electron chi connectivity index (χ4n) is 7.00. The highest BCUT2D eigenvalue weighted by atomic mass is 16.5. The third-order valence-electron chi connectivity index (χ3n) is 10.4. The van der Waals surface area contributed by atoms with Gasteiger partial charge >= 0.3 is 12.0 Å². The Hall–Kier alpha value is -7.46. The molecule has 1 aliphatic rings. The first-order valence-electron chi connectivity index (χ1n) is 20.3. The Balaban J connectivity index is 1.05. The van der Waals surface area contributed by atoms with Crippen LogP contribution in [0.25, 0.3) is 22.8 Å². The highest BCUT2D eigenvalue weighted by Crippen LogP contribution is 2.36. The second kappa shape index (κ2) is 20.7. The van der Waals surface area contributed by atoms with Crippen LogP contribution in [0.4, 0.5) is 21.9 Å². The molecule has 2 aromatic heterocycles. The summed E-state index contributed by atoms with van der Waals surface area (Å²) in [6.45, 7) is 11.0. The normalized spacial score (nSPS) is 12.6. The number of aryl methyl sites for hydroxylation is 1. The largest absolute Gasteiger partial charge is 0.497 e. The molecule has 0 spiro atoms. The molecule has 5 amide bonds. The van der Waals surface area contributed by atoms with Gasteiger partial charge in [0, 0.05) is 77.6 Å². The van der Waals surface area contributed by atoms with Crippen LogP contribution in [-0.2, 0) is 25.7 Å². The zero-order valence-electron chi connectivity index (χ0n) is 35.4. The van der Waals surface area contributed by atoms with Crippen LogP contribution in [0.5, 0.6) is 5.75 Å². The maximum absolute atomic E-state index is 13.5. The number of ether oxygens (including phenoxy) is 2. The number of anilines is 3. The minimum atomic E-state index is -0.778. The third-order valence-corrected chi connectivity index (χ3v) is 10.4. The topological polar surface area (TPSA) is 203 Å². The van der Waals surface area contributed by atoms with Gasteiger partial charge in [0.25, 0.3) is 11.8 Å². The zero-order valence-corrected chi connectivity index (χ0v) is 35.4. The van der Waals surface area contributed by atoms with Crippen molar-refractivity contribution in [2.45, 2.75) is 34.2 Å². The minimum Gasteiger partial charge on any atom is -0.497 e. The van der Waals surface area contributed by atoms with E-state index in [0.717, 1.165) is 48.5 Å². The van der Waals surface area contributed by atoms with Gasteiger partial charge < -0.3 is 45.5 Å². The molecule has 0 saturated carbocycles. The number of fused-ring (bicyclic) bond motifs is 1. The molecule has 5 aromatic rings. The Morgan fingerprint density at radius 3 is 2.39 bits per heavy atom. The molecule has 3 aromatic carbocycles. The maximum Gasteiger partial charge on any atom is 0.331 e. The first-order chi connectivity index (χ1) is 30.0. The summed E-state index contributed by atoms with van der Waals surface area (Å²) in [5.74, 6) is -1.27. The number of nitrogens with one attached hydrogen (secondary N) is 6. The third kappa shape index (κ3) is 11.2. The molecule has 3 heterocycles. The van der Waals surface area contributed by atoms with Crippen LogP contribution in [0.3, 0.4) is 0 Å². The summed E-state index contributed by atoms with van der Waals surface area (Å²) in [4.78, 5) is 72.3. The van der Waals surface area contributed by atoms with Crippen LogP contribution in [0.1, 0.15) is 52.3 Å². The van der Waals surface area contributed by atoms with Gasteiger partial charge in [-0.3, -0.25) is 19.5 Å². The predicted molar refractivity (Wildman–Crippen MR) is 239 cm³/mol. The number of esters is 1. The summed E-state index contributed by atoms with van der Waals surface area (Å²) in [7, 11) is 1.56. The van der Waals surface area contributed by atoms with Crippen molar-refractivity contribution in [3.8, 4) is 16.9 Å². The van der Waals surface area contributed by atoms with E-state index in [2.05, 4.69) is 55.2 Å². The van der Waals surface area contributed by atoms with Crippen molar-refractivity contribution in [3.05, 3.63) is 125 Å². The lowest BCUT2D eigenvalue weighted by Crippen LogP contribution is -2.37. The van der Waals surface area contributed by atoms with E-state index in [4.69, 9.17) is 9.47 Å². The number of methoxy groups -OCH3 is 1. The van der Waals surface area contributed by atoms with Crippen LogP contribution in [-0.4, -0.2) is 101 Å². The van der Waals surface area contributed by atoms with E-state index in [-0.39, 0.29) is 31.5 Å². The number of aromatic nitrogens is 3. The van der Waals surface area contributed by atoms with Crippen molar-refractivity contribution < 1.29 is 33.4 Å². The molecule has 0 aliphatic carbocycles. The predicted octanol–water partition coefficient (Wildman–Crippen LogP) is 6.37. The minimum absolute atomic E-state index is 0.0483. The SMILES string of the molecule is CCN(CC)CCNC(=O)c1c(C)[nH]c(/C=C2\C(=O)Nc3ccc(NC(=O)/C=C\C(=O)OCCN(Cc4cccc(OC)c4)C(=O)Nc4ccc(-c5cn[nH]c5)cc4)cc32)c1C. The van der Waals surface area contributed by atoms with Gasteiger partial charge in [-0.25, -0.2) is 9.59 Å². The highest BCUT2D eigenvalue weighted by molar-refractivity contribution is 6.35. The summed E-state index contributed by atoms with van der Waals surface area (Å²) in [6, 6.07) is 19.2. The van der Waals surface area contributed by atoms with Crippen LogP contribution in [0.2, 0.25) is 0 Å². The molecular formula is C46H51N9O7. The van der Waals surface area contributed by atoms with Gasteiger partial charge in [0.1, 0.15) is 12.4 Å². The Morgan fingerprint density at radius 2 is 1.66 bits per heavy atom. The molecule has 322 valence electrons. The van der Waals surface area contributed by atoms with Crippen LogP contribution in [0.15, 0.2) is 91.3 Å². The number of hydrogen-bond acceptors (Lipinski definition) is 9. The number of aromatic amines is 2. The number of likely N-dealkylation sites (N-methyl/N-ethyl adjacent to an activating group) is 1. The number of amides is 5. The Labute approximate surface area is 359 Å². The van der Waals surface area contributed by atoms with Crippen LogP contribution in [0, 0.1) is 13.8 Å². The Morgan fingerprint density at radius 1 is 0.887 bits per heavy atom. The van der Waals surface area contributed by atoms with Crippen molar-refractivity contribution in [2.75, 3.05) is 62.4 Å². The second-order valence-corrected chi connectivity index (χ2v) is 14.5. The number of carbonyl (C=O) groups is 5. The summed E-state index contributed by atoms with van der Waals surface area (Å²) in [6.07, 6.45) is 7.22. The molecule has 0 radical (unpaired) electrons. The van der Waals surface area contributed by atoms with E-state index in [0.29, 0.717) is 63.0 Å². The quantitative estimate of drug-likeness (QED) is 0.0428. The van der Waals surface area contributed by atoms with E-state index < -0.39 is 17.9 Å². The standard InChI is InChI=1S/C46H51N9O7/c1-6-54(7-2)20-19-47-45(59)43-29(3)40(50-30(43)4)25-38-37-24-35(15-16-39(37)53-44(38)58)51-41(56)17-18-42(57)62-22-21-55(28-31-9-8-10-36(23-31)61-5)46(60)52-34-13-11-32(12-14-34)33-26-48-49-27-33/h8-18,23-27,50H,6-7,19-22,28H2,1-5H3,(H,47,59)(H,48,49)(H,51,56)(H,52,60)(H,53,58)/b18-17-,38-25-. The average Bonchev–Trinajstić information content (AvgIpc) is 3.99. The van der Waals surface area contributed by atoms with E-state index in [1.165, 1.54) is 4.90 Å². The fourth-order valence-corrected chi connectivity index (χ4v) is 7.00. The molecule has 6 rings (SSSR count). The lowest BCUT2D eigenvalue weighted by Gasteiger charge is -2.23. The molecule has 0 unspecified atom stereocenters. The second-order valence-electron chi connectivity index (χ2n) is 14.5. The van der Waals surface area contributed by atoms with Crippen molar-refractivity contribution in [1.29, 1.82) is 0 Å². The van der Waals surface area contributed by atoms with Gasteiger partial charge in [0.2, 0.25) is 5.91 Å². The monoisotopic (exact) mass is 841 g/mol. The van der Waals surface area contributed by atoms with Crippen molar-refractivity contribution in [1.82, 2.24) is 30.3 Å². The Kier molecular flexibility index (Phi) is 14.7. The van der Waals surface area contributed by atoms with E-state index in [9.17, 15) is 24.0 Å². The number of benzene rings is 3. The summed E-state index contributed by atoms with van der Waals surface area (Å²) < 4.78 is 10.7. The van der Waals surface area contributed by atoms with E-state index in [1.807, 2.05) is 44.2 Å². The molecule has 6 N–H and O–H groups in total. The summed E-state index contributed by atoms with van der Waals surface area (Å²) >= 11 is 0. The van der Waals surface area contributed by atoms with Crippen LogP contribution >= 0.6 is 0 Å². The number of H-pyrrole nitrogens is 2. The van der Waals surface area contributed by atoms with E-state index in [1.54, 1.807) is 62.0 Å². The lowest BCUT2D eigenvalue weighted by molar-refractivity contribution is -0.138. The Bertz CT molecular complexity index is 2470. The molecule has 0 fully saturated rings. The first kappa shape index (κ1) is 44.1. The molecule has 0 bridgehead atoms. The molecule has 16 nitrogen and oxygen atoms in total. The first-order valence-corrected chi connectivity index (χ1v) is 20.3. The average molecular weight is 842 g/mol. The van der Waals surface area contributed by atoms with Gasteiger partial charge in [-0.15, -0.1) is 0 Å². The molecule has 62 heavy (non-hydrogen) atoms.